The molecule has 0 N–H and O–H groups in total. The summed E-state index contributed by atoms with van der Waals surface area (Å²) in [5, 5.41) is 0. The molecule has 0 unspecified atom stereocenters. The van der Waals surface area contributed by atoms with E-state index >= 15 is 0 Å². The Kier molecular flexibility index (Phi) is 7.73. The number of benzene rings is 3. The first-order valence-corrected chi connectivity index (χ1v) is 13.3. The molecule has 0 bridgehead atoms. The van der Waals surface area contributed by atoms with E-state index in [2.05, 4.69) is 6.92 Å². The average Bonchev–Trinajstić information content (AvgIpc) is 3.33. The molecule has 0 spiro atoms. The van der Waals surface area contributed by atoms with Gasteiger partial charge in [0.05, 0.1) is 23.7 Å². The van der Waals surface area contributed by atoms with Crippen LogP contribution in [0, 0.1) is 5.92 Å². The van der Waals surface area contributed by atoms with Gasteiger partial charge in [-0.2, -0.15) is 0 Å². The van der Waals surface area contributed by atoms with Crippen LogP contribution in [-0.2, 0) is 20.9 Å². The van der Waals surface area contributed by atoms with E-state index in [4.69, 9.17) is 14.5 Å². The van der Waals surface area contributed by atoms with Crippen LogP contribution in [0.1, 0.15) is 50.3 Å². The predicted molar refractivity (Wildman–Crippen MR) is 147 cm³/mol. The number of esters is 1. The van der Waals surface area contributed by atoms with Gasteiger partial charge in [-0.15, -0.1) is 0 Å². The molecule has 0 aliphatic carbocycles. The lowest BCUT2D eigenvalue weighted by molar-refractivity contribution is -0.153. The second-order valence-electron chi connectivity index (χ2n) is 9.49. The fourth-order valence-electron chi connectivity index (χ4n) is 5.08. The smallest absolute Gasteiger partial charge is 0.321 e. The molecule has 0 saturated carbocycles. The summed E-state index contributed by atoms with van der Waals surface area (Å²) in [6.45, 7) is 5.05. The maximum absolute atomic E-state index is 13.9. The summed E-state index contributed by atoms with van der Waals surface area (Å²) in [4.78, 5) is 33.8. The van der Waals surface area contributed by atoms with Gasteiger partial charge in [-0.05, 0) is 48.7 Å². The number of amides is 1. The second-order valence-corrected chi connectivity index (χ2v) is 9.49. The first-order valence-electron chi connectivity index (χ1n) is 13.3. The van der Waals surface area contributed by atoms with Gasteiger partial charge < -0.3 is 14.0 Å². The van der Waals surface area contributed by atoms with E-state index in [1.807, 2.05) is 83.4 Å². The molecular weight excluding hydrogens is 478 g/mol. The lowest BCUT2D eigenvalue weighted by Crippen LogP contribution is -2.50. The van der Waals surface area contributed by atoms with Gasteiger partial charge in [0.1, 0.15) is 12.4 Å². The third-order valence-corrected chi connectivity index (χ3v) is 6.94. The highest BCUT2D eigenvalue weighted by molar-refractivity contribution is 6.08. The van der Waals surface area contributed by atoms with Crippen LogP contribution in [0.15, 0.2) is 78.9 Å². The number of fused-ring (bicyclic) bond motifs is 3. The molecule has 1 aliphatic rings. The zero-order chi connectivity index (χ0) is 26.5. The van der Waals surface area contributed by atoms with E-state index in [1.54, 1.807) is 11.8 Å². The van der Waals surface area contributed by atoms with Gasteiger partial charge in [0, 0.05) is 6.54 Å². The third kappa shape index (κ3) is 5.01. The number of para-hydroxylation sites is 2. The van der Waals surface area contributed by atoms with Gasteiger partial charge >= 0.3 is 5.97 Å². The summed E-state index contributed by atoms with van der Waals surface area (Å²) in [6, 6.07) is 24.8. The normalized spacial score (nSPS) is 16.9. The second kappa shape index (κ2) is 11.5. The van der Waals surface area contributed by atoms with Gasteiger partial charge in [0.25, 0.3) is 0 Å². The lowest BCUT2D eigenvalue weighted by atomic mass is 9.89. The van der Waals surface area contributed by atoms with E-state index in [9.17, 15) is 9.59 Å². The van der Waals surface area contributed by atoms with Crippen LogP contribution < -0.4 is 9.64 Å². The Hall–Kier alpha value is -4.13. The molecule has 0 saturated heterocycles. The maximum atomic E-state index is 13.9. The summed E-state index contributed by atoms with van der Waals surface area (Å²) in [5.74, 6) is -0.517. The Bertz CT molecular complexity index is 1400. The highest BCUT2D eigenvalue weighted by Gasteiger charge is 2.47. The van der Waals surface area contributed by atoms with Crippen molar-refractivity contribution in [3.63, 3.8) is 0 Å². The van der Waals surface area contributed by atoms with Crippen molar-refractivity contribution < 1.29 is 19.1 Å². The van der Waals surface area contributed by atoms with Crippen LogP contribution in [0.25, 0.3) is 11.0 Å². The van der Waals surface area contributed by atoms with Crippen LogP contribution in [0.2, 0.25) is 0 Å². The highest BCUT2D eigenvalue weighted by atomic mass is 16.5. The molecule has 2 heterocycles. The number of rotatable bonds is 10. The van der Waals surface area contributed by atoms with Crippen LogP contribution >= 0.6 is 0 Å². The van der Waals surface area contributed by atoms with Crippen molar-refractivity contribution in [2.24, 2.45) is 5.92 Å². The molecule has 5 rings (SSSR count). The molecule has 38 heavy (non-hydrogen) atoms. The minimum atomic E-state index is -1.02. The summed E-state index contributed by atoms with van der Waals surface area (Å²) in [6.07, 6.45) is 2.85. The quantitative estimate of drug-likeness (QED) is 0.150. The Morgan fingerprint density at radius 2 is 1.66 bits per heavy atom. The molecule has 2 atom stereocenters. The van der Waals surface area contributed by atoms with Gasteiger partial charge in [-0.3, -0.25) is 14.5 Å². The fraction of sp³-hybridized carbons (Fsp3) is 0.323. The summed E-state index contributed by atoms with van der Waals surface area (Å²) in [5.41, 5.74) is 3.56. The Labute approximate surface area is 223 Å². The zero-order valence-electron chi connectivity index (χ0n) is 21.9. The summed E-state index contributed by atoms with van der Waals surface area (Å²) < 4.78 is 13.5. The first kappa shape index (κ1) is 25.5. The number of aromatic nitrogens is 2. The van der Waals surface area contributed by atoms with E-state index < -0.39 is 17.9 Å². The molecule has 1 aliphatic heterocycles. The van der Waals surface area contributed by atoms with Crippen molar-refractivity contribution in [1.29, 1.82) is 0 Å². The Morgan fingerprint density at radius 1 is 0.921 bits per heavy atom. The monoisotopic (exact) mass is 511 g/mol. The van der Waals surface area contributed by atoms with Crippen molar-refractivity contribution in [2.45, 2.75) is 45.8 Å². The number of hydrogen-bond acceptors (Lipinski definition) is 5. The highest BCUT2D eigenvalue weighted by Crippen LogP contribution is 2.41. The standard InChI is InChI=1S/C31H33N3O4/c1-3-5-11-20-33-29(35)27(30(36)37-4-2)28(34-26-15-10-9-14-25(26)32-31(33)34)23-16-18-24(19-17-23)38-21-22-12-7-6-8-13-22/h6-10,12-19,27-28H,3-5,11,20-21H2,1-2H3/t27-,28+/m1/s1. The van der Waals surface area contributed by atoms with E-state index in [0.717, 1.165) is 41.4 Å². The van der Waals surface area contributed by atoms with Crippen LogP contribution in [0.5, 0.6) is 5.75 Å². The molecule has 1 amide bonds. The number of carbonyl (C=O) groups excluding carboxylic acids is 2. The number of ether oxygens (including phenoxy) is 2. The van der Waals surface area contributed by atoms with Crippen LogP contribution in [-0.4, -0.2) is 34.6 Å². The zero-order valence-corrected chi connectivity index (χ0v) is 21.9. The van der Waals surface area contributed by atoms with Crippen molar-refractivity contribution in [1.82, 2.24) is 9.55 Å². The molecule has 196 valence electrons. The number of carbonyl (C=O) groups is 2. The number of anilines is 1. The van der Waals surface area contributed by atoms with Crippen LogP contribution in [0.4, 0.5) is 5.95 Å². The van der Waals surface area contributed by atoms with Crippen molar-refractivity contribution in [2.75, 3.05) is 18.1 Å². The molecule has 0 fully saturated rings. The number of imidazole rings is 1. The summed E-state index contributed by atoms with van der Waals surface area (Å²) in [7, 11) is 0. The summed E-state index contributed by atoms with van der Waals surface area (Å²) >= 11 is 0. The van der Waals surface area contributed by atoms with Crippen molar-refractivity contribution >= 4 is 28.9 Å². The minimum absolute atomic E-state index is 0.203. The van der Waals surface area contributed by atoms with Gasteiger partial charge in [-0.25, -0.2) is 4.98 Å². The Morgan fingerprint density at radius 3 is 2.39 bits per heavy atom. The third-order valence-electron chi connectivity index (χ3n) is 6.94. The minimum Gasteiger partial charge on any atom is -0.489 e. The SMILES string of the molecule is CCCCCN1C(=O)[C@H](C(=O)OCC)[C@H](c2ccc(OCc3ccccc3)cc2)n2c1nc1ccccc12. The molecule has 7 heteroatoms. The predicted octanol–water partition coefficient (Wildman–Crippen LogP) is 5.92. The molecule has 4 aromatic rings. The topological polar surface area (TPSA) is 73.7 Å². The first-order chi connectivity index (χ1) is 18.6. The number of hydrogen-bond donors (Lipinski definition) is 0. The van der Waals surface area contributed by atoms with E-state index in [0.29, 0.717) is 24.8 Å². The average molecular weight is 512 g/mol. The largest absolute Gasteiger partial charge is 0.489 e. The van der Waals surface area contributed by atoms with Crippen molar-refractivity contribution in [3.8, 4) is 5.75 Å². The van der Waals surface area contributed by atoms with Gasteiger partial charge in [-0.1, -0.05) is 74.4 Å². The molecular formula is C31H33N3O4. The van der Waals surface area contributed by atoms with Crippen molar-refractivity contribution in [3.05, 3.63) is 90.0 Å². The lowest BCUT2D eigenvalue weighted by Gasteiger charge is -2.38. The fourth-order valence-corrected chi connectivity index (χ4v) is 5.08. The molecule has 1 aromatic heterocycles. The number of unbranched alkanes of at least 4 members (excludes halogenated alkanes) is 2. The molecule has 7 nitrogen and oxygen atoms in total. The van der Waals surface area contributed by atoms with Gasteiger partial charge in [0.15, 0.2) is 5.92 Å². The molecule has 3 aromatic carbocycles. The maximum Gasteiger partial charge on any atom is 0.321 e. The molecule has 0 radical (unpaired) electrons. The van der Waals surface area contributed by atoms with Crippen LogP contribution in [0.3, 0.4) is 0 Å². The van der Waals surface area contributed by atoms with Gasteiger partial charge in [0.2, 0.25) is 11.9 Å². The van der Waals surface area contributed by atoms with E-state index in [1.165, 1.54) is 0 Å². The Balaban J connectivity index is 1.55. The number of nitrogens with zero attached hydrogens (tertiary/aromatic N) is 3. The van der Waals surface area contributed by atoms with E-state index in [-0.39, 0.29) is 12.5 Å².